The Morgan fingerprint density at radius 2 is 1.45 bits per heavy atom. The first-order chi connectivity index (χ1) is 20.3. The van der Waals surface area contributed by atoms with Crippen molar-refractivity contribution in [3.05, 3.63) is 126 Å². The van der Waals surface area contributed by atoms with E-state index in [9.17, 15) is 9.90 Å². The molecule has 0 radical (unpaired) electrons. The lowest BCUT2D eigenvalue weighted by Gasteiger charge is -2.22. The van der Waals surface area contributed by atoms with Gasteiger partial charge in [-0.3, -0.25) is 0 Å². The highest BCUT2D eigenvalue weighted by Gasteiger charge is 2.29. The predicted octanol–water partition coefficient (Wildman–Crippen LogP) is 7.97. The second-order valence-electron chi connectivity index (χ2n) is 10.7. The molecule has 0 aliphatic heterocycles. The Morgan fingerprint density at radius 1 is 0.810 bits per heavy atom. The zero-order valence-corrected chi connectivity index (χ0v) is 24.2. The van der Waals surface area contributed by atoms with Crippen molar-refractivity contribution in [2.75, 3.05) is 6.61 Å². The van der Waals surface area contributed by atoms with Gasteiger partial charge in [0.25, 0.3) is 0 Å². The van der Waals surface area contributed by atoms with Crippen LogP contribution in [0.1, 0.15) is 36.4 Å². The molecule has 1 N–H and O–H groups in total. The fourth-order valence-electron chi connectivity index (χ4n) is 4.69. The van der Waals surface area contributed by atoms with E-state index in [1.165, 1.54) is 25.0 Å². The number of aryl methyl sites for hydroxylation is 3. The van der Waals surface area contributed by atoms with Crippen LogP contribution in [0.3, 0.4) is 0 Å². The first-order valence-corrected chi connectivity index (χ1v) is 14.1. The summed E-state index contributed by atoms with van der Waals surface area (Å²) in [5, 5.41) is 9.50. The number of ether oxygens (including phenoxy) is 2. The van der Waals surface area contributed by atoms with Crippen LogP contribution in [-0.4, -0.2) is 28.3 Å². The van der Waals surface area contributed by atoms with Gasteiger partial charge in [-0.05, 0) is 86.2 Å². The Labute approximate surface area is 246 Å². The summed E-state index contributed by atoms with van der Waals surface area (Å²) >= 11 is 0. The number of nitrogens with zero attached hydrogens (tertiary/aromatic N) is 1. The number of carboxylic acids is 1. The molecule has 0 saturated heterocycles. The van der Waals surface area contributed by atoms with Gasteiger partial charge in [-0.2, -0.15) is 0 Å². The standard InChI is InChI=1S/C36H35NO5/c1-25-32(37-34(41-25)29-18-16-28(17-19-29)27-12-8-5-9-13-27)22-23-40-33-21-20-31(42-36(2,3)35(38)39)24-30(33)15-14-26-10-6-4-7-11-26/h4-13,16-21,24H,14-15,22-23H2,1-3H3,(H,38,39). The van der Waals surface area contributed by atoms with Crippen LogP contribution >= 0.6 is 0 Å². The van der Waals surface area contributed by atoms with Gasteiger partial charge in [-0.25, -0.2) is 9.78 Å². The zero-order valence-electron chi connectivity index (χ0n) is 24.2. The Bertz CT molecular complexity index is 1620. The molecule has 6 nitrogen and oxygen atoms in total. The molecule has 0 spiro atoms. The minimum Gasteiger partial charge on any atom is -0.493 e. The molecule has 1 aromatic heterocycles. The van der Waals surface area contributed by atoms with Crippen molar-refractivity contribution in [3.63, 3.8) is 0 Å². The molecule has 1 heterocycles. The third-order valence-corrected chi connectivity index (χ3v) is 7.17. The van der Waals surface area contributed by atoms with Crippen LogP contribution < -0.4 is 9.47 Å². The Hall–Kier alpha value is -4.84. The number of aliphatic carboxylic acids is 1. The van der Waals surface area contributed by atoms with E-state index in [-0.39, 0.29) is 0 Å². The topological polar surface area (TPSA) is 81.8 Å². The summed E-state index contributed by atoms with van der Waals surface area (Å²) in [5.41, 5.74) is 4.90. The Kier molecular flexibility index (Phi) is 8.72. The summed E-state index contributed by atoms with van der Waals surface area (Å²) in [5.74, 6) is 1.57. The van der Waals surface area contributed by atoms with Crippen molar-refractivity contribution in [2.24, 2.45) is 0 Å². The van der Waals surface area contributed by atoms with Crippen molar-refractivity contribution < 1.29 is 23.8 Å². The molecule has 0 saturated carbocycles. The van der Waals surface area contributed by atoms with Gasteiger partial charge in [0.1, 0.15) is 17.3 Å². The van der Waals surface area contributed by atoms with E-state index < -0.39 is 11.6 Å². The molecular weight excluding hydrogens is 526 g/mol. The van der Waals surface area contributed by atoms with Gasteiger partial charge in [0.2, 0.25) is 5.89 Å². The van der Waals surface area contributed by atoms with E-state index in [0.29, 0.717) is 24.7 Å². The molecule has 0 atom stereocenters. The molecule has 214 valence electrons. The van der Waals surface area contributed by atoms with Gasteiger partial charge in [0.05, 0.1) is 12.3 Å². The van der Waals surface area contributed by atoms with E-state index in [0.717, 1.165) is 46.7 Å². The molecule has 42 heavy (non-hydrogen) atoms. The number of hydrogen-bond acceptors (Lipinski definition) is 5. The van der Waals surface area contributed by atoms with Crippen LogP contribution in [0.15, 0.2) is 108 Å². The maximum absolute atomic E-state index is 11.6. The molecule has 0 aliphatic rings. The van der Waals surface area contributed by atoms with Crippen LogP contribution in [0.4, 0.5) is 0 Å². The second kappa shape index (κ2) is 12.8. The number of rotatable bonds is 12. The smallest absolute Gasteiger partial charge is 0.347 e. The maximum atomic E-state index is 11.6. The highest BCUT2D eigenvalue weighted by molar-refractivity contribution is 5.76. The number of aromatic nitrogens is 1. The summed E-state index contributed by atoms with van der Waals surface area (Å²) in [7, 11) is 0. The third kappa shape index (κ3) is 7.07. The fraction of sp³-hybridized carbons (Fsp3) is 0.222. The molecule has 0 aliphatic carbocycles. The molecule has 5 rings (SSSR count). The monoisotopic (exact) mass is 561 g/mol. The van der Waals surface area contributed by atoms with Crippen molar-refractivity contribution in [1.82, 2.24) is 4.98 Å². The first kappa shape index (κ1) is 28.7. The third-order valence-electron chi connectivity index (χ3n) is 7.17. The van der Waals surface area contributed by atoms with Crippen molar-refractivity contribution >= 4 is 5.97 Å². The fourth-order valence-corrected chi connectivity index (χ4v) is 4.69. The quantitative estimate of drug-likeness (QED) is 0.166. The van der Waals surface area contributed by atoms with Crippen molar-refractivity contribution in [3.8, 4) is 34.1 Å². The van der Waals surface area contributed by atoms with Gasteiger partial charge in [-0.15, -0.1) is 0 Å². The number of oxazole rings is 1. The molecule has 5 aromatic rings. The maximum Gasteiger partial charge on any atom is 0.347 e. The molecule has 4 aromatic carbocycles. The lowest BCUT2D eigenvalue weighted by molar-refractivity contribution is -0.152. The van der Waals surface area contributed by atoms with E-state index in [1.807, 2.05) is 67.6 Å². The molecule has 0 unspecified atom stereocenters. The summed E-state index contributed by atoms with van der Waals surface area (Å²) in [6, 6.07) is 34.2. The highest BCUT2D eigenvalue weighted by Crippen LogP contribution is 2.29. The SMILES string of the molecule is Cc1oc(-c2ccc(-c3ccccc3)cc2)nc1CCOc1ccc(OC(C)(C)C(=O)O)cc1CCc1ccccc1. The lowest BCUT2D eigenvalue weighted by atomic mass is 10.0. The number of carboxylic acid groups (broad SMARTS) is 1. The van der Waals surface area contributed by atoms with Gasteiger partial charge in [-0.1, -0.05) is 72.8 Å². The second-order valence-corrected chi connectivity index (χ2v) is 10.7. The highest BCUT2D eigenvalue weighted by atomic mass is 16.5. The molecule has 6 heteroatoms. The van der Waals surface area contributed by atoms with E-state index in [2.05, 4.69) is 36.4 Å². The van der Waals surface area contributed by atoms with Crippen molar-refractivity contribution in [1.29, 1.82) is 0 Å². The van der Waals surface area contributed by atoms with E-state index in [1.54, 1.807) is 6.07 Å². The van der Waals surface area contributed by atoms with Crippen LogP contribution in [0.5, 0.6) is 11.5 Å². The minimum atomic E-state index is -1.34. The van der Waals surface area contributed by atoms with Crippen molar-refractivity contribution in [2.45, 2.75) is 45.6 Å². The van der Waals surface area contributed by atoms with Crippen LogP contribution in [0.2, 0.25) is 0 Å². The normalized spacial score (nSPS) is 11.3. The number of benzene rings is 4. The predicted molar refractivity (Wildman–Crippen MR) is 164 cm³/mol. The molecule has 0 bridgehead atoms. The lowest BCUT2D eigenvalue weighted by Crippen LogP contribution is -2.37. The van der Waals surface area contributed by atoms with Crippen LogP contribution in [0.25, 0.3) is 22.6 Å². The largest absolute Gasteiger partial charge is 0.493 e. The van der Waals surface area contributed by atoms with Crippen LogP contribution in [-0.2, 0) is 24.1 Å². The van der Waals surface area contributed by atoms with E-state index >= 15 is 0 Å². The molecular formula is C36H35NO5. The number of hydrogen-bond donors (Lipinski definition) is 1. The first-order valence-electron chi connectivity index (χ1n) is 14.1. The summed E-state index contributed by atoms with van der Waals surface area (Å²) in [4.78, 5) is 16.4. The number of carbonyl (C=O) groups is 1. The average molecular weight is 562 g/mol. The van der Waals surface area contributed by atoms with Crippen LogP contribution in [0, 0.1) is 6.92 Å². The molecule has 0 amide bonds. The summed E-state index contributed by atoms with van der Waals surface area (Å²) in [6.45, 7) is 5.41. The van der Waals surface area contributed by atoms with E-state index in [4.69, 9.17) is 18.9 Å². The van der Waals surface area contributed by atoms with Gasteiger partial charge in [0.15, 0.2) is 5.60 Å². The average Bonchev–Trinajstić information content (AvgIpc) is 3.37. The van der Waals surface area contributed by atoms with Gasteiger partial charge < -0.3 is 19.0 Å². The zero-order chi connectivity index (χ0) is 29.5. The summed E-state index contributed by atoms with van der Waals surface area (Å²) < 4.78 is 18.1. The van der Waals surface area contributed by atoms with Gasteiger partial charge in [0, 0.05) is 12.0 Å². The summed E-state index contributed by atoms with van der Waals surface area (Å²) in [6.07, 6.45) is 2.12. The minimum absolute atomic E-state index is 0.416. The van der Waals surface area contributed by atoms with Gasteiger partial charge >= 0.3 is 5.97 Å². The Balaban J connectivity index is 1.27. The molecule has 0 fully saturated rings. The Morgan fingerprint density at radius 3 is 2.14 bits per heavy atom.